The van der Waals surface area contributed by atoms with E-state index in [0.717, 1.165) is 25.3 Å². The number of nitrogens with one attached hydrogen (secondary N) is 1. The second-order valence-electron chi connectivity index (χ2n) is 5.98. The molecule has 0 spiro atoms. The molecule has 0 fully saturated rings. The molecule has 2 rings (SSSR count). The van der Waals surface area contributed by atoms with Gasteiger partial charge in [-0.1, -0.05) is 50.1 Å². The fourth-order valence-corrected chi connectivity index (χ4v) is 2.36. The van der Waals surface area contributed by atoms with Crippen LogP contribution in [0.15, 0.2) is 36.5 Å². The molecule has 0 saturated heterocycles. The van der Waals surface area contributed by atoms with Crippen LogP contribution in [-0.4, -0.2) is 27.8 Å². The molecule has 0 saturated carbocycles. The lowest BCUT2D eigenvalue weighted by Gasteiger charge is -2.26. The van der Waals surface area contributed by atoms with Gasteiger partial charge in [0, 0.05) is 19.1 Å². The van der Waals surface area contributed by atoms with E-state index in [9.17, 15) is 0 Å². The molecule has 0 aliphatic heterocycles. The lowest BCUT2D eigenvalue weighted by Crippen LogP contribution is -2.32. The Morgan fingerprint density at radius 2 is 1.91 bits per heavy atom. The van der Waals surface area contributed by atoms with Crippen molar-refractivity contribution in [3.63, 3.8) is 0 Å². The second kappa shape index (κ2) is 9.08. The van der Waals surface area contributed by atoms with Gasteiger partial charge in [0.05, 0.1) is 6.20 Å². The van der Waals surface area contributed by atoms with Crippen LogP contribution in [0.25, 0.3) is 0 Å². The highest BCUT2D eigenvalue weighted by Crippen LogP contribution is 2.16. The van der Waals surface area contributed by atoms with E-state index < -0.39 is 0 Å². The van der Waals surface area contributed by atoms with Gasteiger partial charge in [0.1, 0.15) is 0 Å². The number of aromatic nitrogens is 3. The Morgan fingerprint density at radius 3 is 2.61 bits per heavy atom. The van der Waals surface area contributed by atoms with Gasteiger partial charge in [0.15, 0.2) is 5.82 Å². The summed E-state index contributed by atoms with van der Waals surface area (Å²) in [6, 6.07) is 10.7. The Kier molecular flexibility index (Phi) is 6.78. The van der Waals surface area contributed by atoms with Gasteiger partial charge >= 0.3 is 0 Å². The minimum atomic E-state index is 0.298. The Labute approximate surface area is 139 Å². The first kappa shape index (κ1) is 17.2. The molecule has 0 radical (unpaired) electrons. The fourth-order valence-electron chi connectivity index (χ4n) is 2.36. The summed E-state index contributed by atoms with van der Waals surface area (Å²) in [6.07, 6.45) is 5.28. The minimum absolute atomic E-state index is 0.298. The van der Waals surface area contributed by atoms with E-state index in [-0.39, 0.29) is 0 Å². The lowest BCUT2D eigenvalue weighted by atomic mass is 10.2. The zero-order valence-electron chi connectivity index (χ0n) is 14.4. The maximum atomic E-state index is 4.63. The lowest BCUT2D eigenvalue weighted by molar-refractivity contribution is 0.652. The SMILES string of the molecule is CCCCCNc1cnnc(N(Cc2ccccc2)C(C)C)n1. The van der Waals surface area contributed by atoms with Crippen molar-refractivity contribution in [2.75, 3.05) is 16.8 Å². The molecule has 1 heterocycles. The Morgan fingerprint density at radius 1 is 1.13 bits per heavy atom. The number of anilines is 2. The van der Waals surface area contributed by atoms with Crippen molar-refractivity contribution < 1.29 is 0 Å². The van der Waals surface area contributed by atoms with Crippen LogP contribution < -0.4 is 10.2 Å². The summed E-state index contributed by atoms with van der Waals surface area (Å²) in [5.74, 6) is 1.47. The van der Waals surface area contributed by atoms with Gasteiger partial charge in [-0.3, -0.25) is 0 Å². The number of rotatable bonds is 9. The minimum Gasteiger partial charge on any atom is -0.369 e. The molecular formula is C18H27N5. The van der Waals surface area contributed by atoms with Crippen molar-refractivity contribution >= 4 is 11.8 Å². The summed E-state index contributed by atoms with van der Waals surface area (Å²) >= 11 is 0. The predicted molar refractivity (Wildman–Crippen MR) is 95.6 cm³/mol. The third-order valence-corrected chi connectivity index (χ3v) is 3.71. The Bertz CT molecular complexity index is 571. The Hall–Kier alpha value is -2.17. The van der Waals surface area contributed by atoms with Gasteiger partial charge in [-0.15, -0.1) is 5.10 Å². The number of hydrogen-bond acceptors (Lipinski definition) is 5. The summed E-state index contributed by atoms with van der Waals surface area (Å²) in [5.41, 5.74) is 1.24. The second-order valence-corrected chi connectivity index (χ2v) is 5.98. The average Bonchev–Trinajstić information content (AvgIpc) is 2.57. The van der Waals surface area contributed by atoms with Crippen molar-refractivity contribution in [3.05, 3.63) is 42.1 Å². The van der Waals surface area contributed by atoms with Crippen molar-refractivity contribution in [1.82, 2.24) is 15.2 Å². The molecule has 1 aromatic heterocycles. The van der Waals surface area contributed by atoms with Crippen LogP contribution in [0.4, 0.5) is 11.8 Å². The summed E-state index contributed by atoms with van der Waals surface area (Å²) in [4.78, 5) is 6.80. The van der Waals surface area contributed by atoms with Crippen molar-refractivity contribution in [3.8, 4) is 0 Å². The van der Waals surface area contributed by atoms with Gasteiger partial charge in [-0.25, -0.2) is 0 Å². The largest absolute Gasteiger partial charge is 0.369 e. The van der Waals surface area contributed by atoms with E-state index in [4.69, 9.17) is 0 Å². The molecule has 0 amide bonds. The standard InChI is InChI=1S/C18H27N5/c1-4-5-9-12-19-17-13-20-22-18(21-17)23(15(2)3)14-16-10-7-6-8-11-16/h6-8,10-11,13,15H,4-5,9,12,14H2,1-3H3,(H,19,21,22). The number of hydrogen-bond donors (Lipinski definition) is 1. The summed E-state index contributed by atoms with van der Waals surface area (Å²) in [7, 11) is 0. The summed E-state index contributed by atoms with van der Waals surface area (Å²) < 4.78 is 0. The van der Waals surface area contributed by atoms with Crippen LogP contribution in [0.3, 0.4) is 0 Å². The molecular weight excluding hydrogens is 286 g/mol. The van der Waals surface area contributed by atoms with Gasteiger partial charge in [0.25, 0.3) is 0 Å². The monoisotopic (exact) mass is 313 g/mol. The smallest absolute Gasteiger partial charge is 0.247 e. The van der Waals surface area contributed by atoms with Crippen LogP contribution >= 0.6 is 0 Å². The molecule has 1 N–H and O–H groups in total. The first-order valence-electron chi connectivity index (χ1n) is 8.45. The number of nitrogens with zero attached hydrogens (tertiary/aromatic N) is 4. The molecule has 0 unspecified atom stereocenters. The van der Waals surface area contributed by atoms with Crippen LogP contribution in [-0.2, 0) is 6.54 Å². The molecule has 23 heavy (non-hydrogen) atoms. The van der Waals surface area contributed by atoms with Crippen LogP contribution in [0, 0.1) is 0 Å². The zero-order valence-corrected chi connectivity index (χ0v) is 14.4. The van der Waals surface area contributed by atoms with Crippen molar-refractivity contribution in [2.45, 2.75) is 52.6 Å². The highest BCUT2D eigenvalue weighted by Gasteiger charge is 2.15. The van der Waals surface area contributed by atoms with Gasteiger partial charge in [-0.2, -0.15) is 10.1 Å². The van der Waals surface area contributed by atoms with Gasteiger partial charge < -0.3 is 10.2 Å². The third-order valence-electron chi connectivity index (χ3n) is 3.71. The Balaban J connectivity index is 2.06. The van der Waals surface area contributed by atoms with Gasteiger partial charge in [0.2, 0.25) is 5.95 Å². The first-order valence-corrected chi connectivity index (χ1v) is 8.45. The maximum absolute atomic E-state index is 4.63. The predicted octanol–water partition coefficient (Wildman–Crippen LogP) is 3.89. The van der Waals surface area contributed by atoms with E-state index >= 15 is 0 Å². The van der Waals surface area contributed by atoms with E-state index in [2.05, 4.69) is 70.4 Å². The van der Waals surface area contributed by atoms with Crippen LogP contribution in [0.5, 0.6) is 0 Å². The molecule has 0 bridgehead atoms. The molecule has 0 aliphatic rings. The third kappa shape index (κ3) is 5.51. The van der Waals surface area contributed by atoms with Crippen molar-refractivity contribution in [1.29, 1.82) is 0 Å². The molecule has 0 atom stereocenters. The first-order chi connectivity index (χ1) is 11.2. The average molecular weight is 313 g/mol. The van der Waals surface area contributed by atoms with E-state index in [1.165, 1.54) is 18.4 Å². The van der Waals surface area contributed by atoms with E-state index in [1.54, 1.807) is 6.20 Å². The molecule has 124 valence electrons. The molecule has 5 nitrogen and oxygen atoms in total. The topological polar surface area (TPSA) is 53.9 Å². The molecule has 1 aromatic carbocycles. The maximum Gasteiger partial charge on any atom is 0.247 e. The normalized spacial score (nSPS) is 10.8. The molecule has 2 aromatic rings. The zero-order chi connectivity index (χ0) is 16.5. The summed E-state index contributed by atoms with van der Waals surface area (Å²) in [5, 5.41) is 11.7. The van der Waals surface area contributed by atoms with Crippen molar-refractivity contribution in [2.24, 2.45) is 0 Å². The van der Waals surface area contributed by atoms with E-state index in [1.807, 2.05) is 6.07 Å². The molecule has 5 heteroatoms. The van der Waals surface area contributed by atoms with Gasteiger partial charge in [-0.05, 0) is 25.8 Å². The van der Waals surface area contributed by atoms with Crippen LogP contribution in [0.2, 0.25) is 0 Å². The highest BCUT2D eigenvalue weighted by atomic mass is 15.3. The van der Waals surface area contributed by atoms with Crippen LogP contribution in [0.1, 0.15) is 45.6 Å². The number of benzene rings is 1. The van der Waals surface area contributed by atoms with E-state index in [0.29, 0.717) is 12.0 Å². The quantitative estimate of drug-likeness (QED) is 0.712. The molecule has 0 aliphatic carbocycles. The fraction of sp³-hybridized carbons (Fsp3) is 0.500. The highest BCUT2D eigenvalue weighted by molar-refractivity contribution is 5.40. The summed E-state index contributed by atoms with van der Waals surface area (Å²) in [6.45, 7) is 8.20. The number of unbranched alkanes of at least 4 members (excludes halogenated alkanes) is 2.